The Hall–Kier alpha value is -2.46. The summed E-state index contributed by atoms with van der Waals surface area (Å²) in [5, 5.41) is 8.64. The van der Waals surface area contributed by atoms with Crippen molar-refractivity contribution in [2.75, 3.05) is 0 Å². The van der Waals surface area contributed by atoms with Gasteiger partial charge in [-0.25, -0.2) is 17.5 Å². The lowest BCUT2D eigenvalue weighted by atomic mass is 10.0. The summed E-state index contributed by atoms with van der Waals surface area (Å²) < 4.78 is 81.3. The molecule has 0 spiro atoms. The fourth-order valence-electron chi connectivity index (χ4n) is 3.33. The van der Waals surface area contributed by atoms with E-state index < -0.39 is 44.5 Å². The van der Waals surface area contributed by atoms with Gasteiger partial charge in [0.1, 0.15) is 5.82 Å². The molecule has 0 radical (unpaired) electrons. The second-order valence-electron chi connectivity index (χ2n) is 7.42. The molecule has 0 aromatic heterocycles. The molecule has 0 bridgehead atoms. The average Bonchev–Trinajstić information content (AvgIpc) is 2.72. The first-order valence-corrected chi connectivity index (χ1v) is 11.6. The van der Waals surface area contributed by atoms with Crippen LogP contribution in [0.3, 0.4) is 0 Å². The molecular formula is C22H25F4NO4S. The molecule has 32 heavy (non-hydrogen) atoms. The van der Waals surface area contributed by atoms with Crippen LogP contribution in [-0.2, 0) is 21.0 Å². The first-order valence-electron chi connectivity index (χ1n) is 10.2. The van der Waals surface area contributed by atoms with Crippen LogP contribution in [0.15, 0.2) is 53.4 Å². The number of benzene rings is 2. The number of sulfonamides is 1. The number of carbonyl (C=O) groups is 1. The van der Waals surface area contributed by atoms with Gasteiger partial charge in [-0.2, -0.15) is 13.2 Å². The summed E-state index contributed by atoms with van der Waals surface area (Å²) >= 11 is 0. The molecule has 0 amide bonds. The van der Waals surface area contributed by atoms with Crippen molar-refractivity contribution < 1.29 is 35.9 Å². The Morgan fingerprint density at radius 3 is 2.16 bits per heavy atom. The van der Waals surface area contributed by atoms with Crippen molar-refractivity contribution in [2.24, 2.45) is 0 Å². The van der Waals surface area contributed by atoms with Crippen molar-refractivity contribution >= 4 is 16.0 Å². The molecule has 0 aliphatic carbocycles. The Kier molecular flexibility index (Phi) is 9.21. The molecule has 2 rings (SSSR count). The van der Waals surface area contributed by atoms with Gasteiger partial charge in [0, 0.05) is 12.5 Å². The van der Waals surface area contributed by atoms with Crippen molar-refractivity contribution in [1.29, 1.82) is 0 Å². The molecule has 10 heteroatoms. The fraction of sp³-hybridized carbons (Fsp3) is 0.409. The van der Waals surface area contributed by atoms with E-state index in [0.29, 0.717) is 37.3 Å². The Morgan fingerprint density at radius 2 is 1.53 bits per heavy atom. The smallest absolute Gasteiger partial charge is 0.417 e. The number of hydrogen-bond donors (Lipinski definition) is 2. The van der Waals surface area contributed by atoms with Crippen LogP contribution < -0.4 is 4.72 Å². The highest BCUT2D eigenvalue weighted by Gasteiger charge is 2.37. The number of hydrogen-bond acceptors (Lipinski definition) is 3. The van der Waals surface area contributed by atoms with Crippen LogP contribution in [-0.4, -0.2) is 19.5 Å². The molecule has 2 aromatic rings. The number of carboxylic acids is 1. The summed E-state index contributed by atoms with van der Waals surface area (Å²) in [4.78, 5) is 9.66. The summed E-state index contributed by atoms with van der Waals surface area (Å²) in [5.74, 6) is -1.38. The van der Waals surface area contributed by atoms with E-state index in [1.807, 2.05) is 0 Å². The first kappa shape index (κ1) is 25.8. The summed E-state index contributed by atoms with van der Waals surface area (Å²) in [7, 11) is -4.52. The number of carboxylic acid groups (broad SMARTS) is 1. The number of nitrogens with one attached hydrogen (secondary N) is 1. The monoisotopic (exact) mass is 475 g/mol. The van der Waals surface area contributed by atoms with Gasteiger partial charge >= 0.3 is 12.1 Å². The third-order valence-corrected chi connectivity index (χ3v) is 6.47. The van der Waals surface area contributed by atoms with Crippen LogP contribution in [0.2, 0.25) is 0 Å². The Labute approximate surface area is 184 Å². The van der Waals surface area contributed by atoms with E-state index in [9.17, 15) is 30.8 Å². The predicted molar refractivity (Wildman–Crippen MR) is 111 cm³/mol. The molecule has 0 saturated heterocycles. The van der Waals surface area contributed by atoms with Gasteiger partial charge in [0.2, 0.25) is 10.0 Å². The maximum absolute atomic E-state index is 13.3. The lowest BCUT2D eigenvalue weighted by Gasteiger charge is -2.21. The van der Waals surface area contributed by atoms with Crippen LogP contribution in [0.4, 0.5) is 17.6 Å². The van der Waals surface area contributed by atoms with E-state index in [1.165, 1.54) is 18.2 Å². The zero-order valence-electron chi connectivity index (χ0n) is 17.2. The first-order chi connectivity index (χ1) is 15.0. The van der Waals surface area contributed by atoms with Crippen LogP contribution >= 0.6 is 0 Å². The van der Waals surface area contributed by atoms with Gasteiger partial charge < -0.3 is 5.11 Å². The minimum absolute atomic E-state index is 0.0800. The number of rotatable bonds is 12. The van der Waals surface area contributed by atoms with Gasteiger partial charge in [0.05, 0.1) is 10.5 Å². The van der Waals surface area contributed by atoms with Crippen LogP contribution in [0.25, 0.3) is 0 Å². The minimum Gasteiger partial charge on any atom is -0.481 e. The lowest BCUT2D eigenvalue weighted by Crippen LogP contribution is -2.30. The highest BCUT2D eigenvalue weighted by atomic mass is 32.2. The van der Waals surface area contributed by atoms with Gasteiger partial charge in [-0.3, -0.25) is 4.79 Å². The summed E-state index contributed by atoms with van der Waals surface area (Å²) in [5.41, 5.74) is -0.825. The van der Waals surface area contributed by atoms with Gasteiger partial charge in [-0.15, -0.1) is 0 Å². The maximum Gasteiger partial charge on any atom is 0.417 e. The summed E-state index contributed by atoms with van der Waals surface area (Å²) in [6, 6.07) is 8.20. The van der Waals surface area contributed by atoms with Crippen LogP contribution in [0.1, 0.15) is 62.1 Å². The molecule has 0 heterocycles. The minimum atomic E-state index is -4.84. The predicted octanol–water partition coefficient (Wildman–Crippen LogP) is 5.68. The van der Waals surface area contributed by atoms with Crippen LogP contribution in [0.5, 0.6) is 0 Å². The molecule has 176 valence electrons. The van der Waals surface area contributed by atoms with Gasteiger partial charge in [0.25, 0.3) is 0 Å². The molecule has 0 aliphatic heterocycles. The fourth-order valence-corrected chi connectivity index (χ4v) is 4.82. The molecule has 1 atom stereocenters. The SMILES string of the molecule is O=C(O)CCCCCCCC(NS(=O)(=O)c1ccccc1C(F)(F)F)c1ccc(F)cc1. The summed E-state index contributed by atoms with van der Waals surface area (Å²) in [6.45, 7) is 0. The van der Waals surface area contributed by atoms with Crippen molar-refractivity contribution in [3.05, 3.63) is 65.5 Å². The second kappa shape index (κ2) is 11.4. The van der Waals surface area contributed by atoms with Crippen molar-refractivity contribution in [3.63, 3.8) is 0 Å². The van der Waals surface area contributed by atoms with E-state index in [0.717, 1.165) is 30.7 Å². The zero-order valence-corrected chi connectivity index (χ0v) is 18.1. The van der Waals surface area contributed by atoms with Crippen molar-refractivity contribution in [2.45, 2.75) is 62.1 Å². The molecule has 5 nitrogen and oxygen atoms in total. The Bertz CT molecular complexity index is 992. The number of halogens is 4. The average molecular weight is 476 g/mol. The van der Waals surface area contributed by atoms with E-state index in [4.69, 9.17) is 5.11 Å². The molecule has 2 N–H and O–H groups in total. The van der Waals surface area contributed by atoms with E-state index in [2.05, 4.69) is 4.72 Å². The van der Waals surface area contributed by atoms with Crippen molar-refractivity contribution in [3.8, 4) is 0 Å². The van der Waals surface area contributed by atoms with E-state index in [-0.39, 0.29) is 12.8 Å². The Morgan fingerprint density at radius 1 is 0.938 bits per heavy atom. The van der Waals surface area contributed by atoms with Crippen LogP contribution in [0, 0.1) is 5.82 Å². The van der Waals surface area contributed by atoms with Gasteiger partial charge in [-0.05, 0) is 42.7 Å². The zero-order chi connectivity index (χ0) is 23.8. The standard InChI is InChI=1S/C22H25F4NO4S/c23-17-14-12-16(13-15-17)19(9-4-2-1-3-5-11-21(28)29)27-32(30,31)20-10-7-6-8-18(20)22(24,25)26/h6-8,10,12-15,19,27H,1-5,9,11H2,(H,28,29). The molecule has 1 unspecified atom stereocenters. The largest absolute Gasteiger partial charge is 0.481 e. The summed E-state index contributed by atoms with van der Waals surface area (Å²) in [6.07, 6.45) is -1.24. The number of unbranched alkanes of at least 4 members (excludes halogenated alkanes) is 4. The van der Waals surface area contributed by atoms with Crippen molar-refractivity contribution in [1.82, 2.24) is 4.72 Å². The normalized spacial score (nSPS) is 13.1. The Balaban J connectivity index is 2.15. The molecule has 0 aliphatic rings. The second-order valence-corrected chi connectivity index (χ2v) is 9.10. The topological polar surface area (TPSA) is 83.5 Å². The van der Waals surface area contributed by atoms with Gasteiger partial charge in [-0.1, -0.05) is 49.9 Å². The van der Waals surface area contributed by atoms with E-state index >= 15 is 0 Å². The number of alkyl halides is 3. The molecule has 0 saturated carbocycles. The lowest BCUT2D eigenvalue weighted by molar-refractivity contribution is -0.140. The third kappa shape index (κ3) is 7.90. The maximum atomic E-state index is 13.3. The highest BCUT2D eigenvalue weighted by Crippen LogP contribution is 2.34. The quantitative estimate of drug-likeness (QED) is 0.306. The number of aliphatic carboxylic acids is 1. The van der Waals surface area contributed by atoms with E-state index in [1.54, 1.807) is 0 Å². The third-order valence-electron chi connectivity index (χ3n) is 4.94. The molecule has 2 aromatic carbocycles. The molecule has 0 fully saturated rings. The van der Waals surface area contributed by atoms with Gasteiger partial charge in [0.15, 0.2) is 0 Å². The highest BCUT2D eigenvalue weighted by molar-refractivity contribution is 7.89. The molecular weight excluding hydrogens is 450 g/mol.